The van der Waals surface area contributed by atoms with Crippen LogP contribution in [0.5, 0.6) is 0 Å². The average molecular weight is 640 g/mol. The maximum Gasteiger partial charge on any atom is 0.474 e. The van der Waals surface area contributed by atoms with Crippen LogP contribution in [0, 0.1) is 11.6 Å². The lowest BCUT2D eigenvalue weighted by atomic mass is 10.1. The molecular weight excluding hydrogens is 603 g/mol. The van der Waals surface area contributed by atoms with Gasteiger partial charge in [-0.05, 0) is 38.3 Å². The number of nitrogens with zero attached hydrogens (tertiary/aromatic N) is 2. The van der Waals surface area contributed by atoms with Crippen LogP contribution in [0.1, 0.15) is 32.3 Å². The van der Waals surface area contributed by atoms with Gasteiger partial charge in [0.1, 0.15) is 6.61 Å². The topological polar surface area (TPSA) is 150 Å². The first kappa shape index (κ1) is 34.8. The maximum absolute atomic E-state index is 14.1. The van der Waals surface area contributed by atoms with Gasteiger partial charge in [-0.1, -0.05) is 47.6 Å². The fourth-order valence-corrected chi connectivity index (χ4v) is 5.28. The monoisotopic (exact) mass is 639 g/mol. The molecule has 0 saturated carbocycles. The lowest BCUT2D eigenvalue weighted by Crippen LogP contribution is -2.43. The van der Waals surface area contributed by atoms with Gasteiger partial charge in [-0.15, -0.1) is 0 Å². The number of aromatic nitrogens is 1. The van der Waals surface area contributed by atoms with Gasteiger partial charge in [-0.2, -0.15) is 0 Å². The zero-order valence-electron chi connectivity index (χ0n) is 24.6. The zero-order chi connectivity index (χ0) is 32.1. The van der Waals surface area contributed by atoms with Crippen molar-refractivity contribution in [2.75, 3.05) is 38.8 Å². The number of carbonyl (C=O) groups is 2. The first-order valence-corrected chi connectivity index (χ1v) is 15.4. The van der Waals surface area contributed by atoms with Crippen LogP contribution in [-0.2, 0) is 34.1 Å². The standard InChI is InChI=1S/C29H36F2N3O9P/c1-4-40-44(38,41-5-2)42-19-23(35)16-22(34(3)27(36)15-14-21-12-9-13-24(30)28(21)31)18-39-29(37)32-26-17-25(43-33-26)20-10-7-6-8-11-20/h6-13,17,22-23,35H,4-5,14-16,18-19H2,1-3H3,(H,32,33,37)/t22-,23+/m0/s1. The average Bonchev–Trinajstić information content (AvgIpc) is 3.47. The molecule has 15 heteroatoms. The molecule has 3 rings (SSSR count). The van der Waals surface area contributed by atoms with E-state index >= 15 is 0 Å². The highest BCUT2D eigenvalue weighted by molar-refractivity contribution is 7.48. The summed E-state index contributed by atoms with van der Waals surface area (Å²) >= 11 is 0. The number of likely N-dealkylation sites (N-methyl/N-ethyl adjacent to an activating group) is 1. The summed E-state index contributed by atoms with van der Waals surface area (Å²) in [6.45, 7) is 2.43. The third-order valence-corrected chi connectivity index (χ3v) is 7.94. The Hall–Kier alpha value is -3.68. The first-order valence-electron chi connectivity index (χ1n) is 13.9. The summed E-state index contributed by atoms with van der Waals surface area (Å²) < 4.78 is 66.2. The predicted molar refractivity (Wildman–Crippen MR) is 156 cm³/mol. The number of benzene rings is 2. The van der Waals surface area contributed by atoms with Crippen molar-refractivity contribution < 1.29 is 50.9 Å². The Bertz CT molecular complexity index is 1400. The Morgan fingerprint density at radius 3 is 2.43 bits per heavy atom. The van der Waals surface area contributed by atoms with Gasteiger partial charge in [0.25, 0.3) is 0 Å². The summed E-state index contributed by atoms with van der Waals surface area (Å²) in [6.07, 6.45) is -2.66. The van der Waals surface area contributed by atoms with Gasteiger partial charge in [0, 0.05) is 25.1 Å². The van der Waals surface area contributed by atoms with E-state index in [0.717, 1.165) is 11.6 Å². The molecule has 240 valence electrons. The maximum atomic E-state index is 14.1. The van der Waals surface area contributed by atoms with Crippen molar-refractivity contribution in [1.82, 2.24) is 10.1 Å². The lowest BCUT2D eigenvalue weighted by Gasteiger charge is -2.30. The minimum Gasteiger partial charge on any atom is -0.447 e. The number of ether oxygens (including phenoxy) is 1. The van der Waals surface area contributed by atoms with Crippen molar-refractivity contribution in [3.05, 3.63) is 71.8 Å². The van der Waals surface area contributed by atoms with Crippen LogP contribution in [-0.4, -0.2) is 72.8 Å². The van der Waals surface area contributed by atoms with Crippen LogP contribution in [0.25, 0.3) is 11.3 Å². The summed E-state index contributed by atoms with van der Waals surface area (Å²) in [6, 6.07) is 13.4. The number of phosphoric ester groups is 1. The molecule has 1 aromatic heterocycles. The van der Waals surface area contributed by atoms with Gasteiger partial charge in [0.05, 0.1) is 32.0 Å². The molecule has 1 heterocycles. The molecule has 3 aromatic rings. The molecule has 0 radical (unpaired) electrons. The van der Waals surface area contributed by atoms with Gasteiger partial charge < -0.3 is 19.3 Å². The molecule has 0 bridgehead atoms. The Morgan fingerprint density at radius 2 is 1.75 bits per heavy atom. The summed E-state index contributed by atoms with van der Waals surface area (Å²) in [4.78, 5) is 26.8. The molecule has 2 amide bonds. The van der Waals surface area contributed by atoms with Gasteiger partial charge in [0.15, 0.2) is 23.2 Å². The Kier molecular flexibility index (Phi) is 13.4. The molecule has 0 fully saturated rings. The highest BCUT2D eigenvalue weighted by atomic mass is 31.2. The van der Waals surface area contributed by atoms with Gasteiger partial charge >= 0.3 is 13.9 Å². The third-order valence-electron chi connectivity index (χ3n) is 6.33. The van der Waals surface area contributed by atoms with Crippen LogP contribution in [0.15, 0.2) is 59.1 Å². The SMILES string of the molecule is CCOP(=O)(OCC)OC[C@H](O)C[C@@H](COC(=O)Nc1cc(-c2ccccc2)on1)N(C)C(=O)CCc1cccc(F)c1F. The fraction of sp³-hybridized carbons (Fsp3) is 0.414. The van der Waals surface area contributed by atoms with E-state index in [1.54, 1.807) is 26.0 Å². The van der Waals surface area contributed by atoms with Crippen molar-refractivity contribution in [2.24, 2.45) is 0 Å². The van der Waals surface area contributed by atoms with E-state index in [2.05, 4.69) is 10.5 Å². The second-order valence-corrected chi connectivity index (χ2v) is 11.2. The van der Waals surface area contributed by atoms with Crippen molar-refractivity contribution in [1.29, 1.82) is 0 Å². The first-order chi connectivity index (χ1) is 21.0. The number of hydrogen-bond donors (Lipinski definition) is 2. The molecule has 12 nitrogen and oxygen atoms in total. The Balaban J connectivity index is 1.65. The zero-order valence-corrected chi connectivity index (χ0v) is 25.5. The fourth-order valence-electron chi connectivity index (χ4n) is 4.07. The molecule has 44 heavy (non-hydrogen) atoms. The van der Waals surface area contributed by atoms with Crippen LogP contribution in [0.2, 0.25) is 0 Å². The van der Waals surface area contributed by atoms with Crippen LogP contribution in [0.3, 0.4) is 0 Å². The van der Waals surface area contributed by atoms with Crippen molar-refractivity contribution >= 4 is 25.6 Å². The number of halogens is 2. The smallest absolute Gasteiger partial charge is 0.447 e. The number of carbonyl (C=O) groups excluding carboxylic acids is 2. The van der Waals surface area contributed by atoms with Crippen molar-refractivity contribution in [3.8, 4) is 11.3 Å². The molecule has 0 saturated heterocycles. The van der Waals surface area contributed by atoms with E-state index in [9.17, 15) is 28.0 Å². The minimum absolute atomic E-state index is 0.0254. The number of aryl methyl sites for hydroxylation is 1. The highest BCUT2D eigenvalue weighted by Gasteiger charge is 2.30. The molecule has 0 unspecified atom stereocenters. The number of amides is 2. The quantitative estimate of drug-likeness (QED) is 0.179. The Morgan fingerprint density at radius 1 is 1.05 bits per heavy atom. The molecule has 2 atom stereocenters. The van der Waals surface area contributed by atoms with E-state index in [1.165, 1.54) is 30.1 Å². The molecular formula is C29H36F2N3O9P. The number of aliphatic hydroxyl groups is 1. The van der Waals surface area contributed by atoms with Gasteiger partial charge in [-0.25, -0.2) is 18.1 Å². The van der Waals surface area contributed by atoms with E-state index in [-0.39, 0.29) is 50.5 Å². The number of anilines is 1. The van der Waals surface area contributed by atoms with Crippen LogP contribution < -0.4 is 5.32 Å². The predicted octanol–water partition coefficient (Wildman–Crippen LogP) is 5.58. The molecule has 2 aromatic carbocycles. The van der Waals surface area contributed by atoms with E-state index in [1.807, 2.05) is 18.2 Å². The molecule has 0 aliphatic heterocycles. The number of rotatable bonds is 17. The number of nitrogens with one attached hydrogen (secondary N) is 1. The Labute approximate surface area is 253 Å². The summed E-state index contributed by atoms with van der Waals surface area (Å²) in [5.41, 5.74) is 0.770. The molecule has 0 aliphatic rings. The van der Waals surface area contributed by atoms with Crippen LogP contribution >= 0.6 is 7.82 Å². The number of phosphoric acid groups is 1. The van der Waals surface area contributed by atoms with Gasteiger partial charge in [0.2, 0.25) is 5.91 Å². The minimum atomic E-state index is -3.92. The summed E-state index contributed by atoms with van der Waals surface area (Å²) in [5.74, 6) is -2.05. The molecule has 0 aliphatic carbocycles. The van der Waals surface area contributed by atoms with Crippen molar-refractivity contribution in [3.63, 3.8) is 0 Å². The highest BCUT2D eigenvalue weighted by Crippen LogP contribution is 2.49. The van der Waals surface area contributed by atoms with Gasteiger partial charge in [-0.3, -0.25) is 23.7 Å². The molecule has 2 N–H and O–H groups in total. The lowest BCUT2D eigenvalue weighted by molar-refractivity contribution is -0.133. The van der Waals surface area contributed by atoms with E-state index in [4.69, 9.17) is 22.8 Å². The number of hydrogen-bond acceptors (Lipinski definition) is 10. The van der Waals surface area contributed by atoms with E-state index in [0.29, 0.717) is 5.76 Å². The van der Waals surface area contributed by atoms with Crippen LogP contribution in [0.4, 0.5) is 19.4 Å². The summed E-state index contributed by atoms with van der Waals surface area (Å²) in [7, 11) is -2.51. The summed E-state index contributed by atoms with van der Waals surface area (Å²) in [5, 5.41) is 16.9. The van der Waals surface area contributed by atoms with E-state index < -0.39 is 50.2 Å². The van der Waals surface area contributed by atoms with Crippen molar-refractivity contribution in [2.45, 2.75) is 45.3 Å². The third kappa shape index (κ3) is 10.5. The number of aliphatic hydroxyl groups excluding tert-OH is 1. The largest absolute Gasteiger partial charge is 0.474 e. The normalized spacial score (nSPS) is 12.9. The second kappa shape index (κ2) is 17.0. The molecule has 0 spiro atoms. The second-order valence-electron chi connectivity index (χ2n) is 9.51.